The number of nitriles is 1. The minimum atomic E-state index is -0.117. The lowest BCUT2D eigenvalue weighted by atomic mass is 9.88. The van der Waals surface area contributed by atoms with Crippen molar-refractivity contribution in [3.8, 4) is 6.07 Å². The molecule has 0 unspecified atom stereocenters. The van der Waals surface area contributed by atoms with Gasteiger partial charge in [-0.1, -0.05) is 11.2 Å². The first-order chi connectivity index (χ1) is 16.9. The van der Waals surface area contributed by atoms with E-state index in [-0.39, 0.29) is 18.1 Å². The Morgan fingerprint density at radius 1 is 1.14 bits per heavy atom. The third kappa shape index (κ3) is 4.45. The van der Waals surface area contributed by atoms with Gasteiger partial charge in [-0.3, -0.25) is 14.6 Å². The molecule has 1 aliphatic heterocycles. The Kier molecular flexibility index (Phi) is 5.91. The van der Waals surface area contributed by atoms with Crippen molar-refractivity contribution in [1.82, 2.24) is 19.6 Å². The molecular formula is C27H25N5O3. The molecule has 1 aromatic carbocycles. The fraction of sp³-hybridized carbons (Fsp3) is 0.296. The van der Waals surface area contributed by atoms with Crippen LogP contribution in [0.1, 0.15) is 62.2 Å². The molecule has 4 heterocycles. The molecule has 3 aromatic heterocycles. The van der Waals surface area contributed by atoms with E-state index >= 15 is 0 Å². The SMILES string of the molecule is Cc1cc(C(=O)N2CCC(c3cn(C)c4ccc(CC(=O)c5cc(C#N)ccn5)cc34)CC2)no1. The summed E-state index contributed by atoms with van der Waals surface area (Å²) in [4.78, 5) is 31.5. The van der Waals surface area contributed by atoms with Gasteiger partial charge in [0.1, 0.15) is 11.5 Å². The molecule has 8 heteroatoms. The Hall–Kier alpha value is -4.25. The smallest absolute Gasteiger partial charge is 0.276 e. The molecule has 0 bridgehead atoms. The molecule has 176 valence electrons. The van der Waals surface area contributed by atoms with E-state index in [4.69, 9.17) is 9.78 Å². The van der Waals surface area contributed by atoms with Gasteiger partial charge in [0.2, 0.25) is 0 Å². The number of piperidine rings is 1. The number of rotatable bonds is 5. The van der Waals surface area contributed by atoms with Crippen molar-refractivity contribution >= 4 is 22.6 Å². The van der Waals surface area contributed by atoms with Crippen molar-refractivity contribution in [2.45, 2.75) is 32.1 Å². The fourth-order valence-electron chi connectivity index (χ4n) is 4.86. The Morgan fingerprint density at radius 3 is 2.66 bits per heavy atom. The first kappa shape index (κ1) is 22.5. The monoisotopic (exact) mass is 467 g/mol. The van der Waals surface area contributed by atoms with Gasteiger partial charge in [-0.25, -0.2) is 0 Å². The normalized spacial score (nSPS) is 14.3. The number of hydrogen-bond donors (Lipinski definition) is 0. The summed E-state index contributed by atoms with van der Waals surface area (Å²) in [5.41, 5.74) is 4.34. The quantitative estimate of drug-likeness (QED) is 0.408. The van der Waals surface area contributed by atoms with Crippen LogP contribution in [0.5, 0.6) is 0 Å². The zero-order chi connectivity index (χ0) is 24.5. The van der Waals surface area contributed by atoms with Crippen LogP contribution in [-0.2, 0) is 13.5 Å². The van der Waals surface area contributed by atoms with Crippen LogP contribution in [0.15, 0.2) is 53.3 Å². The van der Waals surface area contributed by atoms with E-state index in [0.717, 1.165) is 29.3 Å². The maximum absolute atomic E-state index is 12.8. The number of hydrogen-bond acceptors (Lipinski definition) is 6. The van der Waals surface area contributed by atoms with E-state index in [1.54, 1.807) is 19.1 Å². The van der Waals surface area contributed by atoms with Crippen LogP contribution in [0.4, 0.5) is 0 Å². The first-order valence-corrected chi connectivity index (χ1v) is 11.6. The van der Waals surface area contributed by atoms with E-state index in [1.807, 2.05) is 30.1 Å². The second kappa shape index (κ2) is 9.18. The summed E-state index contributed by atoms with van der Waals surface area (Å²) in [5.74, 6) is 0.741. The van der Waals surface area contributed by atoms with Gasteiger partial charge in [0.25, 0.3) is 5.91 Å². The zero-order valence-electron chi connectivity index (χ0n) is 19.7. The highest BCUT2D eigenvalue weighted by atomic mass is 16.5. The van der Waals surface area contributed by atoms with Crippen LogP contribution in [0.3, 0.4) is 0 Å². The van der Waals surface area contributed by atoms with Crippen molar-refractivity contribution < 1.29 is 14.1 Å². The Balaban J connectivity index is 1.34. The van der Waals surface area contributed by atoms with E-state index < -0.39 is 0 Å². The average Bonchev–Trinajstić information content (AvgIpc) is 3.46. The van der Waals surface area contributed by atoms with E-state index in [0.29, 0.717) is 41.7 Å². The number of aromatic nitrogens is 3. The number of benzene rings is 1. The van der Waals surface area contributed by atoms with Crippen molar-refractivity contribution in [1.29, 1.82) is 5.26 Å². The molecule has 0 atom stereocenters. The summed E-state index contributed by atoms with van der Waals surface area (Å²) in [6.45, 7) is 3.09. The largest absolute Gasteiger partial charge is 0.361 e. The number of nitrogens with zero attached hydrogens (tertiary/aromatic N) is 5. The van der Waals surface area contributed by atoms with Gasteiger partial charge in [0, 0.05) is 55.9 Å². The fourth-order valence-corrected chi connectivity index (χ4v) is 4.86. The minimum absolute atomic E-state index is 0.0897. The molecule has 0 aliphatic carbocycles. The van der Waals surface area contributed by atoms with Gasteiger partial charge in [0.05, 0.1) is 11.6 Å². The zero-order valence-corrected chi connectivity index (χ0v) is 19.7. The number of ketones is 1. The topological polar surface area (TPSA) is 105 Å². The molecule has 5 rings (SSSR count). The van der Waals surface area contributed by atoms with Crippen molar-refractivity contribution in [2.75, 3.05) is 13.1 Å². The summed E-state index contributed by atoms with van der Waals surface area (Å²) in [6, 6.07) is 13.0. The summed E-state index contributed by atoms with van der Waals surface area (Å²) < 4.78 is 7.17. The van der Waals surface area contributed by atoms with Gasteiger partial charge in [0.15, 0.2) is 11.5 Å². The highest BCUT2D eigenvalue weighted by molar-refractivity contribution is 5.97. The Labute approximate surface area is 202 Å². The van der Waals surface area contributed by atoms with E-state index in [2.05, 4.69) is 27.0 Å². The number of amides is 1. The van der Waals surface area contributed by atoms with Crippen molar-refractivity contribution in [3.63, 3.8) is 0 Å². The lowest BCUT2D eigenvalue weighted by Gasteiger charge is -2.31. The van der Waals surface area contributed by atoms with Gasteiger partial charge in [-0.05, 0) is 61.1 Å². The van der Waals surface area contributed by atoms with Gasteiger partial charge in [-0.15, -0.1) is 0 Å². The third-order valence-corrected chi connectivity index (χ3v) is 6.69. The third-order valence-electron chi connectivity index (χ3n) is 6.69. The van der Waals surface area contributed by atoms with Crippen LogP contribution in [-0.4, -0.2) is 44.4 Å². The number of carbonyl (C=O) groups excluding carboxylic acids is 2. The van der Waals surface area contributed by atoms with E-state index in [1.165, 1.54) is 17.8 Å². The number of pyridine rings is 1. The average molecular weight is 468 g/mol. The predicted octanol–water partition coefficient (Wildman–Crippen LogP) is 4.19. The van der Waals surface area contributed by atoms with Crippen LogP contribution < -0.4 is 0 Å². The van der Waals surface area contributed by atoms with Crippen LogP contribution >= 0.6 is 0 Å². The van der Waals surface area contributed by atoms with Gasteiger partial charge in [-0.2, -0.15) is 5.26 Å². The van der Waals surface area contributed by atoms with Crippen molar-refractivity contribution in [3.05, 3.63) is 82.6 Å². The molecule has 1 saturated heterocycles. The van der Waals surface area contributed by atoms with Crippen LogP contribution in [0, 0.1) is 18.3 Å². The maximum Gasteiger partial charge on any atom is 0.276 e. The van der Waals surface area contributed by atoms with E-state index in [9.17, 15) is 9.59 Å². The highest BCUT2D eigenvalue weighted by Crippen LogP contribution is 2.35. The van der Waals surface area contributed by atoms with Crippen LogP contribution in [0.2, 0.25) is 0 Å². The van der Waals surface area contributed by atoms with Gasteiger partial charge < -0.3 is 14.0 Å². The summed E-state index contributed by atoms with van der Waals surface area (Å²) in [6.07, 6.45) is 5.59. The molecule has 1 aliphatic rings. The number of likely N-dealkylation sites (tertiary alicyclic amines) is 1. The Bertz CT molecular complexity index is 1470. The molecule has 0 saturated carbocycles. The molecule has 0 spiro atoms. The molecule has 1 fully saturated rings. The highest BCUT2D eigenvalue weighted by Gasteiger charge is 2.28. The second-order valence-corrected chi connectivity index (χ2v) is 9.08. The first-order valence-electron chi connectivity index (χ1n) is 11.6. The summed E-state index contributed by atoms with van der Waals surface area (Å²) >= 11 is 0. The molecule has 0 N–H and O–H groups in total. The second-order valence-electron chi connectivity index (χ2n) is 9.08. The minimum Gasteiger partial charge on any atom is -0.361 e. The summed E-state index contributed by atoms with van der Waals surface area (Å²) in [7, 11) is 2.03. The molecule has 8 nitrogen and oxygen atoms in total. The standard InChI is InChI=1S/C27H25N5O3/c1-17-11-24(30-35-17)27(34)32-9-6-20(7-10-32)22-16-31(2)25-4-3-18(12-21(22)25)14-26(33)23-13-19(15-28)5-8-29-23/h3-5,8,11-13,16,20H,6-7,9-10,14H2,1-2H3. The molecule has 0 radical (unpaired) electrons. The molecule has 4 aromatic rings. The lowest BCUT2D eigenvalue weighted by molar-refractivity contribution is 0.0702. The lowest BCUT2D eigenvalue weighted by Crippen LogP contribution is -2.38. The van der Waals surface area contributed by atoms with Gasteiger partial charge >= 0.3 is 0 Å². The number of carbonyl (C=O) groups is 2. The molecule has 35 heavy (non-hydrogen) atoms. The number of fused-ring (bicyclic) bond motifs is 1. The maximum atomic E-state index is 12.8. The molecular weight excluding hydrogens is 442 g/mol. The molecule has 1 amide bonds. The number of Topliss-reactive ketones (excluding diaryl/α,β-unsaturated/α-hetero) is 1. The number of aryl methyl sites for hydroxylation is 2. The Morgan fingerprint density at radius 2 is 1.94 bits per heavy atom. The predicted molar refractivity (Wildman–Crippen MR) is 129 cm³/mol. The summed E-state index contributed by atoms with van der Waals surface area (Å²) in [5, 5.41) is 14.1. The van der Waals surface area contributed by atoms with Crippen molar-refractivity contribution in [2.24, 2.45) is 7.05 Å². The van der Waals surface area contributed by atoms with Crippen LogP contribution in [0.25, 0.3) is 10.9 Å².